The average molecular weight is 299 g/mol. The van der Waals surface area contributed by atoms with Gasteiger partial charge in [0.25, 0.3) is 5.69 Å². The van der Waals surface area contributed by atoms with Crippen LogP contribution in [0, 0.1) is 10.1 Å². The van der Waals surface area contributed by atoms with Crippen molar-refractivity contribution in [2.75, 3.05) is 5.73 Å². The molecule has 0 atom stereocenters. The van der Waals surface area contributed by atoms with Crippen molar-refractivity contribution in [3.05, 3.63) is 46.5 Å². The standard InChI is InChI=1S/C12H8F3N3O3/c13-12(14,15)21-9-4-2-1-3-7(9)11-8(18(19)20)5-6-10(16)17-11/h1-6H,(H2,16,17). The number of alkyl halides is 3. The number of hydrogen-bond donors (Lipinski definition) is 1. The summed E-state index contributed by atoms with van der Waals surface area (Å²) >= 11 is 0. The molecule has 9 heteroatoms. The number of nitrogens with two attached hydrogens (primary N) is 1. The van der Waals surface area contributed by atoms with Crippen LogP contribution in [0.3, 0.4) is 0 Å². The van der Waals surface area contributed by atoms with Gasteiger partial charge in [0.15, 0.2) is 5.69 Å². The highest BCUT2D eigenvalue weighted by atomic mass is 19.4. The molecule has 0 fully saturated rings. The number of aromatic nitrogens is 1. The Bertz CT molecular complexity index is 689. The van der Waals surface area contributed by atoms with Gasteiger partial charge in [0, 0.05) is 11.6 Å². The number of nitro groups is 1. The summed E-state index contributed by atoms with van der Waals surface area (Å²) in [4.78, 5) is 14.0. The molecule has 1 heterocycles. The predicted octanol–water partition coefficient (Wildman–Crippen LogP) is 3.14. The van der Waals surface area contributed by atoms with Gasteiger partial charge < -0.3 is 10.5 Å². The van der Waals surface area contributed by atoms with E-state index < -0.39 is 22.7 Å². The van der Waals surface area contributed by atoms with E-state index >= 15 is 0 Å². The zero-order valence-corrected chi connectivity index (χ0v) is 10.3. The molecule has 0 bridgehead atoms. The minimum Gasteiger partial charge on any atom is -0.405 e. The summed E-state index contributed by atoms with van der Waals surface area (Å²) in [5, 5.41) is 11.0. The topological polar surface area (TPSA) is 91.3 Å². The zero-order valence-electron chi connectivity index (χ0n) is 10.3. The number of ether oxygens (including phenoxy) is 1. The van der Waals surface area contributed by atoms with Crippen LogP contribution in [0.25, 0.3) is 11.3 Å². The van der Waals surface area contributed by atoms with Crippen molar-refractivity contribution in [3.8, 4) is 17.0 Å². The van der Waals surface area contributed by atoms with E-state index in [0.29, 0.717) is 0 Å². The third-order valence-corrected chi connectivity index (χ3v) is 2.46. The lowest BCUT2D eigenvalue weighted by Gasteiger charge is -2.13. The van der Waals surface area contributed by atoms with Crippen molar-refractivity contribution in [2.24, 2.45) is 0 Å². The molecule has 21 heavy (non-hydrogen) atoms. The van der Waals surface area contributed by atoms with Crippen LogP contribution in [0.1, 0.15) is 0 Å². The van der Waals surface area contributed by atoms with E-state index in [2.05, 4.69) is 9.72 Å². The second-order valence-corrected chi connectivity index (χ2v) is 3.90. The maximum Gasteiger partial charge on any atom is 0.573 e. The summed E-state index contributed by atoms with van der Waals surface area (Å²) in [6.07, 6.45) is -4.93. The number of pyridine rings is 1. The van der Waals surface area contributed by atoms with Gasteiger partial charge in [-0.1, -0.05) is 12.1 Å². The summed E-state index contributed by atoms with van der Waals surface area (Å²) in [5.74, 6) is -0.649. The first-order valence-corrected chi connectivity index (χ1v) is 5.54. The van der Waals surface area contributed by atoms with Crippen LogP contribution in [0.15, 0.2) is 36.4 Å². The van der Waals surface area contributed by atoms with Crippen molar-refractivity contribution in [2.45, 2.75) is 6.36 Å². The Kier molecular flexibility index (Phi) is 3.66. The van der Waals surface area contributed by atoms with Crippen LogP contribution < -0.4 is 10.5 Å². The molecule has 0 spiro atoms. The smallest absolute Gasteiger partial charge is 0.405 e. The van der Waals surface area contributed by atoms with E-state index in [0.717, 1.165) is 12.1 Å². The number of anilines is 1. The van der Waals surface area contributed by atoms with Gasteiger partial charge >= 0.3 is 6.36 Å². The third-order valence-electron chi connectivity index (χ3n) is 2.46. The van der Waals surface area contributed by atoms with Gasteiger partial charge in [-0.25, -0.2) is 4.98 Å². The zero-order chi connectivity index (χ0) is 15.6. The highest BCUT2D eigenvalue weighted by Gasteiger charge is 2.33. The Morgan fingerprint density at radius 3 is 2.48 bits per heavy atom. The monoisotopic (exact) mass is 299 g/mol. The summed E-state index contributed by atoms with van der Waals surface area (Å²) in [7, 11) is 0. The first-order valence-electron chi connectivity index (χ1n) is 5.54. The largest absolute Gasteiger partial charge is 0.573 e. The Morgan fingerprint density at radius 1 is 1.19 bits per heavy atom. The number of rotatable bonds is 3. The van der Waals surface area contributed by atoms with Crippen LogP contribution in [-0.4, -0.2) is 16.3 Å². The van der Waals surface area contributed by atoms with E-state index in [9.17, 15) is 23.3 Å². The van der Waals surface area contributed by atoms with Gasteiger partial charge in [0.1, 0.15) is 11.6 Å². The fraction of sp³-hybridized carbons (Fsp3) is 0.0833. The number of nitrogens with zero attached hydrogens (tertiary/aromatic N) is 2. The highest BCUT2D eigenvalue weighted by molar-refractivity contribution is 5.76. The molecule has 0 saturated carbocycles. The molecular weight excluding hydrogens is 291 g/mol. The molecular formula is C12H8F3N3O3. The summed E-state index contributed by atoms with van der Waals surface area (Å²) in [6.45, 7) is 0. The molecule has 6 nitrogen and oxygen atoms in total. The minimum atomic E-state index is -4.93. The maximum atomic E-state index is 12.4. The van der Waals surface area contributed by atoms with Crippen LogP contribution in [0.5, 0.6) is 5.75 Å². The summed E-state index contributed by atoms with van der Waals surface area (Å²) in [6, 6.07) is 7.25. The Balaban J connectivity index is 2.62. The molecule has 0 unspecified atom stereocenters. The Morgan fingerprint density at radius 2 is 1.86 bits per heavy atom. The van der Waals surface area contributed by atoms with E-state index in [1.807, 2.05) is 0 Å². The Hall–Kier alpha value is -2.84. The normalized spacial score (nSPS) is 11.2. The molecule has 110 valence electrons. The van der Waals surface area contributed by atoms with Gasteiger partial charge in [-0.2, -0.15) is 0 Å². The number of hydrogen-bond acceptors (Lipinski definition) is 5. The predicted molar refractivity (Wildman–Crippen MR) is 67.4 cm³/mol. The third kappa shape index (κ3) is 3.38. The van der Waals surface area contributed by atoms with Gasteiger partial charge in [0.2, 0.25) is 0 Å². The molecule has 0 saturated heterocycles. The SMILES string of the molecule is Nc1ccc([N+](=O)[O-])c(-c2ccccc2OC(F)(F)F)n1. The molecule has 2 rings (SSSR count). The fourth-order valence-corrected chi connectivity index (χ4v) is 1.69. The first-order chi connectivity index (χ1) is 9.78. The highest BCUT2D eigenvalue weighted by Crippen LogP contribution is 2.37. The molecule has 0 amide bonds. The quantitative estimate of drug-likeness (QED) is 0.694. The van der Waals surface area contributed by atoms with Crippen molar-refractivity contribution >= 4 is 11.5 Å². The molecule has 0 aliphatic heterocycles. The second kappa shape index (κ2) is 5.27. The number of halogens is 3. The number of benzene rings is 1. The van der Waals surface area contributed by atoms with Crippen molar-refractivity contribution in [1.29, 1.82) is 0 Å². The number of nitrogen functional groups attached to an aromatic ring is 1. The molecule has 2 N–H and O–H groups in total. The summed E-state index contributed by atoms with van der Waals surface area (Å²) < 4.78 is 41.0. The maximum absolute atomic E-state index is 12.4. The van der Waals surface area contributed by atoms with Gasteiger partial charge in [-0.3, -0.25) is 10.1 Å². The van der Waals surface area contributed by atoms with Crippen LogP contribution >= 0.6 is 0 Å². The van der Waals surface area contributed by atoms with Gasteiger partial charge in [0.05, 0.1) is 4.92 Å². The minimum absolute atomic E-state index is 0.0580. The average Bonchev–Trinajstić information content (AvgIpc) is 2.37. The number of para-hydroxylation sites is 1. The van der Waals surface area contributed by atoms with Crippen molar-refractivity contribution in [3.63, 3.8) is 0 Å². The molecule has 1 aromatic carbocycles. The second-order valence-electron chi connectivity index (χ2n) is 3.90. The van der Waals surface area contributed by atoms with Crippen molar-refractivity contribution < 1.29 is 22.8 Å². The molecule has 0 aliphatic rings. The van der Waals surface area contributed by atoms with Crippen LogP contribution in [0.4, 0.5) is 24.7 Å². The molecule has 0 radical (unpaired) electrons. The van der Waals surface area contributed by atoms with E-state index in [1.165, 1.54) is 24.3 Å². The van der Waals surface area contributed by atoms with Crippen LogP contribution in [-0.2, 0) is 0 Å². The van der Waals surface area contributed by atoms with Crippen molar-refractivity contribution in [1.82, 2.24) is 4.98 Å². The van der Waals surface area contributed by atoms with E-state index in [1.54, 1.807) is 0 Å². The Labute approximate surface area is 116 Å². The summed E-state index contributed by atoms with van der Waals surface area (Å²) in [5.41, 5.74) is 4.51. The van der Waals surface area contributed by atoms with Gasteiger partial charge in [-0.15, -0.1) is 13.2 Å². The molecule has 2 aromatic rings. The molecule has 1 aromatic heterocycles. The van der Waals surface area contributed by atoms with E-state index in [4.69, 9.17) is 5.73 Å². The molecule has 0 aliphatic carbocycles. The lowest BCUT2D eigenvalue weighted by Crippen LogP contribution is -2.17. The lowest BCUT2D eigenvalue weighted by molar-refractivity contribution is -0.384. The van der Waals surface area contributed by atoms with E-state index in [-0.39, 0.29) is 17.1 Å². The van der Waals surface area contributed by atoms with Gasteiger partial charge in [-0.05, 0) is 18.2 Å². The van der Waals surface area contributed by atoms with Crippen LogP contribution in [0.2, 0.25) is 0 Å². The first kappa shape index (κ1) is 14.6. The lowest BCUT2D eigenvalue weighted by atomic mass is 10.1. The fourth-order valence-electron chi connectivity index (χ4n) is 1.69.